The van der Waals surface area contributed by atoms with Crippen molar-refractivity contribution in [1.29, 1.82) is 0 Å². The Labute approximate surface area is 191 Å². The molecule has 0 aliphatic rings. The number of rotatable bonds is 5. The average molecular weight is 462 g/mol. The number of amides is 2. The summed E-state index contributed by atoms with van der Waals surface area (Å²) in [6.07, 6.45) is 1.61. The molecule has 0 spiro atoms. The van der Waals surface area contributed by atoms with Crippen LogP contribution < -0.4 is 10.6 Å². The van der Waals surface area contributed by atoms with E-state index in [0.29, 0.717) is 22.1 Å². The van der Waals surface area contributed by atoms with Gasteiger partial charge in [-0.1, -0.05) is 36.7 Å². The quantitative estimate of drug-likeness (QED) is 0.544. The standard InChI is InChI=1S/C21H21Cl2N5O2.CH4/c1-11(2)25-20(29)15-9-14(22)8-13(4)18(15)26-21(30)16-10-17(23)27-28(16)19-12(3)6-5-7-24-19;/h5-11H,1-4H3,(H,25,29)(H,26,30);1H4. The van der Waals surface area contributed by atoms with Crippen molar-refractivity contribution in [3.63, 3.8) is 0 Å². The monoisotopic (exact) mass is 461 g/mol. The zero-order chi connectivity index (χ0) is 22.0. The van der Waals surface area contributed by atoms with Gasteiger partial charge in [0.05, 0.1) is 11.3 Å². The van der Waals surface area contributed by atoms with E-state index in [-0.39, 0.29) is 35.8 Å². The van der Waals surface area contributed by atoms with Gasteiger partial charge in [0.15, 0.2) is 11.0 Å². The molecule has 164 valence electrons. The number of aryl methyl sites for hydroxylation is 2. The minimum atomic E-state index is -0.483. The molecule has 2 heterocycles. The lowest BCUT2D eigenvalue weighted by Crippen LogP contribution is -2.31. The molecule has 7 nitrogen and oxygen atoms in total. The fourth-order valence-corrected chi connectivity index (χ4v) is 3.43. The van der Waals surface area contributed by atoms with Gasteiger partial charge in [-0.3, -0.25) is 9.59 Å². The van der Waals surface area contributed by atoms with Crippen molar-refractivity contribution in [2.75, 3.05) is 5.32 Å². The Morgan fingerprint density at radius 1 is 1.06 bits per heavy atom. The maximum absolute atomic E-state index is 13.1. The van der Waals surface area contributed by atoms with Crippen LogP contribution in [0.25, 0.3) is 5.82 Å². The van der Waals surface area contributed by atoms with Gasteiger partial charge in [-0.15, -0.1) is 0 Å². The molecule has 2 N–H and O–H groups in total. The van der Waals surface area contributed by atoms with E-state index in [9.17, 15) is 9.59 Å². The van der Waals surface area contributed by atoms with Crippen LogP contribution in [0.1, 0.15) is 53.2 Å². The Morgan fingerprint density at radius 3 is 2.42 bits per heavy atom. The zero-order valence-electron chi connectivity index (χ0n) is 17.0. The topological polar surface area (TPSA) is 88.9 Å². The number of hydrogen-bond acceptors (Lipinski definition) is 4. The molecule has 0 aliphatic heterocycles. The van der Waals surface area contributed by atoms with Crippen molar-refractivity contribution in [1.82, 2.24) is 20.1 Å². The third-order valence-corrected chi connectivity index (χ3v) is 4.70. The first-order chi connectivity index (χ1) is 14.2. The second-order valence-corrected chi connectivity index (χ2v) is 7.96. The van der Waals surface area contributed by atoms with E-state index >= 15 is 0 Å². The molecule has 9 heteroatoms. The van der Waals surface area contributed by atoms with Crippen LogP contribution in [0.2, 0.25) is 10.2 Å². The van der Waals surface area contributed by atoms with Crippen LogP contribution in [-0.2, 0) is 0 Å². The maximum atomic E-state index is 13.1. The first-order valence-corrected chi connectivity index (χ1v) is 10.0. The SMILES string of the molecule is C.Cc1cccnc1-n1nc(Cl)cc1C(=O)Nc1c(C)cc(Cl)cc1C(=O)NC(C)C. The Bertz CT molecular complexity index is 1130. The lowest BCUT2D eigenvalue weighted by molar-refractivity contribution is 0.0944. The molecule has 0 saturated carbocycles. The number of halogens is 2. The Morgan fingerprint density at radius 2 is 1.77 bits per heavy atom. The molecule has 2 aromatic heterocycles. The molecule has 0 atom stereocenters. The number of aromatic nitrogens is 3. The van der Waals surface area contributed by atoms with Gasteiger partial charge >= 0.3 is 0 Å². The van der Waals surface area contributed by atoms with Crippen LogP contribution in [0.5, 0.6) is 0 Å². The van der Waals surface area contributed by atoms with Gasteiger partial charge in [-0.2, -0.15) is 5.10 Å². The predicted octanol–water partition coefficient (Wildman–Crippen LogP) is 5.22. The lowest BCUT2D eigenvalue weighted by Gasteiger charge is -2.16. The molecule has 0 unspecified atom stereocenters. The minimum absolute atomic E-state index is 0. The molecule has 0 radical (unpaired) electrons. The molecule has 3 rings (SSSR count). The second-order valence-electron chi connectivity index (χ2n) is 7.14. The molecule has 3 aromatic rings. The number of carbonyl (C=O) groups is 2. The van der Waals surface area contributed by atoms with E-state index in [1.807, 2.05) is 26.8 Å². The third kappa shape index (κ3) is 5.42. The first kappa shape index (κ1) is 24.4. The lowest BCUT2D eigenvalue weighted by atomic mass is 10.1. The summed E-state index contributed by atoms with van der Waals surface area (Å²) in [5.74, 6) is -0.332. The molecular formula is C22H25Cl2N5O2. The number of carbonyl (C=O) groups excluding carboxylic acids is 2. The molecule has 2 amide bonds. The molecule has 0 aliphatic carbocycles. The molecule has 0 saturated heterocycles. The molecule has 1 aromatic carbocycles. The number of hydrogen-bond donors (Lipinski definition) is 2. The molecule has 0 fully saturated rings. The summed E-state index contributed by atoms with van der Waals surface area (Å²) in [7, 11) is 0. The van der Waals surface area contributed by atoms with Crippen LogP contribution in [0, 0.1) is 13.8 Å². The molecular weight excluding hydrogens is 437 g/mol. The molecule has 31 heavy (non-hydrogen) atoms. The Kier molecular flexibility index (Phi) is 7.81. The van der Waals surface area contributed by atoms with E-state index in [0.717, 1.165) is 5.56 Å². The van der Waals surface area contributed by atoms with Crippen LogP contribution in [0.3, 0.4) is 0 Å². The normalized spacial score (nSPS) is 10.5. The van der Waals surface area contributed by atoms with Crippen molar-refractivity contribution in [3.05, 3.63) is 69.1 Å². The van der Waals surface area contributed by atoms with Crippen LogP contribution in [0.4, 0.5) is 5.69 Å². The third-order valence-electron chi connectivity index (χ3n) is 4.30. The second kappa shape index (κ2) is 9.94. The van der Waals surface area contributed by atoms with Gasteiger partial charge in [0.1, 0.15) is 5.69 Å². The number of nitrogens with zero attached hydrogens (tertiary/aromatic N) is 3. The largest absolute Gasteiger partial charge is 0.350 e. The maximum Gasteiger partial charge on any atom is 0.274 e. The van der Waals surface area contributed by atoms with Crippen LogP contribution >= 0.6 is 23.2 Å². The van der Waals surface area contributed by atoms with Gasteiger partial charge in [0.2, 0.25) is 0 Å². The summed E-state index contributed by atoms with van der Waals surface area (Å²) in [6, 6.07) is 8.22. The summed E-state index contributed by atoms with van der Waals surface area (Å²) in [5.41, 5.74) is 2.30. The highest BCUT2D eigenvalue weighted by atomic mass is 35.5. The van der Waals surface area contributed by atoms with Gasteiger partial charge in [0, 0.05) is 23.3 Å². The van der Waals surface area contributed by atoms with Gasteiger partial charge in [-0.25, -0.2) is 9.67 Å². The van der Waals surface area contributed by atoms with Crippen molar-refractivity contribution in [3.8, 4) is 5.82 Å². The summed E-state index contributed by atoms with van der Waals surface area (Å²) in [6.45, 7) is 7.32. The fourth-order valence-electron chi connectivity index (χ4n) is 2.98. The van der Waals surface area contributed by atoms with E-state index < -0.39 is 5.91 Å². The van der Waals surface area contributed by atoms with Crippen molar-refractivity contribution < 1.29 is 9.59 Å². The highest BCUT2D eigenvalue weighted by Crippen LogP contribution is 2.27. The van der Waals surface area contributed by atoms with Gasteiger partial charge in [0.25, 0.3) is 11.8 Å². The molecule has 0 bridgehead atoms. The smallest absolute Gasteiger partial charge is 0.274 e. The number of anilines is 1. The summed E-state index contributed by atoms with van der Waals surface area (Å²) >= 11 is 12.2. The highest BCUT2D eigenvalue weighted by Gasteiger charge is 2.22. The van der Waals surface area contributed by atoms with E-state index in [4.69, 9.17) is 23.2 Å². The van der Waals surface area contributed by atoms with Crippen LogP contribution in [0.15, 0.2) is 36.5 Å². The van der Waals surface area contributed by atoms with E-state index in [2.05, 4.69) is 20.7 Å². The number of nitrogens with one attached hydrogen (secondary N) is 2. The number of pyridine rings is 1. The van der Waals surface area contributed by atoms with E-state index in [1.54, 1.807) is 25.3 Å². The zero-order valence-corrected chi connectivity index (χ0v) is 18.5. The van der Waals surface area contributed by atoms with Gasteiger partial charge < -0.3 is 10.6 Å². The van der Waals surface area contributed by atoms with Crippen LogP contribution in [-0.4, -0.2) is 32.6 Å². The van der Waals surface area contributed by atoms with E-state index in [1.165, 1.54) is 16.8 Å². The highest BCUT2D eigenvalue weighted by molar-refractivity contribution is 6.31. The fraction of sp³-hybridized carbons (Fsp3) is 0.273. The average Bonchev–Trinajstić information content (AvgIpc) is 3.05. The Balaban J connectivity index is 0.00000341. The Hall–Kier alpha value is -2.90. The number of benzene rings is 1. The van der Waals surface area contributed by atoms with Gasteiger partial charge in [-0.05, 0) is 57.0 Å². The first-order valence-electron chi connectivity index (χ1n) is 9.27. The van der Waals surface area contributed by atoms with Crippen molar-refractivity contribution in [2.45, 2.75) is 41.2 Å². The summed E-state index contributed by atoms with van der Waals surface area (Å²) in [5, 5.41) is 10.4. The summed E-state index contributed by atoms with van der Waals surface area (Å²) in [4.78, 5) is 30.1. The van der Waals surface area contributed by atoms with Crippen molar-refractivity contribution >= 4 is 40.7 Å². The predicted molar refractivity (Wildman–Crippen MR) is 125 cm³/mol. The van der Waals surface area contributed by atoms with Crippen molar-refractivity contribution in [2.24, 2.45) is 0 Å². The minimum Gasteiger partial charge on any atom is -0.350 e. The summed E-state index contributed by atoms with van der Waals surface area (Å²) < 4.78 is 1.38.